The van der Waals surface area contributed by atoms with Crippen molar-refractivity contribution < 1.29 is 14.6 Å². The third-order valence-electron chi connectivity index (χ3n) is 7.95. The molecular weight excluding hydrogens is 482 g/mol. The van der Waals surface area contributed by atoms with Crippen LogP contribution in [0.3, 0.4) is 0 Å². The van der Waals surface area contributed by atoms with Crippen LogP contribution in [0.5, 0.6) is 5.75 Å². The van der Waals surface area contributed by atoms with Crippen LogP contribution in [0.25, 0.3) is 11.4 Å². The molecule has 2 N–H and O–H groups in total. The summed E-state index contributed by atoms with van der Waals surface area (Å²) >= 11 is 0. The van der Waals surface area contributed by atoms with Gasteiger partial charge < -0.3 is 19.9 Å². The molecule has 0 aromatic carbocycles. The molecule has 0 saturated heterocycles. The summed E-state index contributed by atoms with van der Waals surface area (Å²) in [6, 6.07) is 5.98. The van der Waals surface area contributed by atoms with Gasteiger partial charge in [-0.15, -0.1) is 5.10 Å². The number of hydrogen-bond donors (Lipinski definition) is 2. The Bertz CT molecular complexity index is 1320. The summed E-state index contributed by atoms with van der Waals surface area (Å²) < 4.78 is 13.6. The monoisotopic (exact) mass is 517 g/mol. The van der Waals surface area contributed by atoms with Crippen LogP contribution in [0, 0.1) is 5.92 Å². The predicted octanol–water partition coefficient (Wildman–Crippen LogP) is 4.28. The van der Waals surface area contributed by atoms with E-state index in [4.69, 9.17) is 19.4 Å². The molecule has 0 amide bonds. The minimum atomic E-state index is -0.749. The standard InChI is InChI=1S/C28H35N7O3/c1-3-20-24(37-19-9-5-8-18(14-19)25-15-26(36)38-25)11-10-22(31-20)27-23(35(2)34-33-27)16-30-28-29-13-12-21(32-28)17-6-4-7-17/h10-13,15,17-19,26,36H,3-9,14,16H2,1-2H3,(H,29,30,32)/t18-,19-,26?/m0/s1. The van der Waals surface area contributed by atoms with Crippen molar-refractivity contribution in [1.82, 2.24) is 29.9 Å². The lowest BCUT2D eigenvalue weighted by atomic mass is 9.83. The number of pyridine rings is 1. The number of aliphatic hydroxyl groups is 1. The number of nitrogens with one attached hydrogen (secondary N) is 1. The number of anilines is 1. The SMILES string of the molecule is CCc1nc(-c2nnn(C)c2CNc2nccc(C3CCC3)n2)ccc1O[C@H]1CCC[C@H](C2=CC(O)O2)C1. The summed E-state index contributed by atoms with van der Waals surface area (Å²) in [5.74, 6) is 3.20. The Hall–Kier alpha value is -3.53. The number of nitrogens with zero attached hydrogens (tertiary/aromatic N) is 6. The van der Waals surface area contributed by atoms with Crippen LogP contribution in [0.4, 0.5) is 5.95 Å². The normalized spacial score (nSPS) is 23.1. The van der Waals surface area contributed by atoms with Crippen molar-refractivity contribution in [2.24, 2.45) is 13.0 Å². The first-order valence-corrected chi connectivity index (χ1v) is 13.8. The molecule has 6 rings (SSSR count). The fourth-order valence-electron chi connectivity index (χ4n) is 5.51. The quantitative estimate of drug-likeness (QED) is 0.428. The van der Waals surface area contributed by atoms with Gasteiger partial charge in [0.15, 0.2) is 0 Å². The van der Waals surface area contributed by atoms with E-state index >= 15 is 0 Å². The topological polar surface area (TPSA) is 120 Å². The van der Waals surface area contributed by atoms with Crippen molar-refractivity contribution in [2.45, 2.75) is 83.1 Å². The Balaban J connectivity index is 1.15. The van der Waals surface area contributed by atoms with Crippen LogP contribution >= 0.6 is 0 Å². The van der Waals surface area contributed by atoms with E-state index in [1.54, 1.807) is 10.8 Å². The number of aliphatic hydroxyl groups excluding tert-OH is 1. The first-order valence-electron chi connectivity index (χ1n) is 13.8. The Morgan fingerprint density at radius 1 is 1.11 bits per heavy atom. The van der Waals surface area contributed by atoms with E-state index in [1.807, 2.05) is 31.4 Å². The van der Waals surface area contributed by atoms with Crippen LogP contribution < -0.4 is 10.1 Å². The Kier molecular flexibility index (Phi) is 6.97. The summed E-state index contributed by atoms with van der Waals surface area (Å²) in [5, 5.41) is 21.5. The first-order chi connectivity index (χ1) is 18.6. The van der Waals surface area contributed by atoms with Crippen LogP contribution in [-0.4, -0.2) is 47.4 Å². The van der Waals surface area contributed by atoms with Crippen molar-refractivity contribution in [3.8, 4) is 17.1 Å². The molecule has 2 aliphatic carbocycles. The lowest BCUT2D eigenvalue weighted by Crippen LogP contribution is -2.32. The zero-order valence-electron chi connectivity index (χ0n) is 22.0. The van der Waals surface area contributed by atoms with Crippen molar-refractivity contribution in [3.05, 3.63) is 53.3 Å². The van der Waals surface area contributed by atoms with Gasteiger partial charge in [0.25, 0.3) is 0 Å². The molecule has 1 unspecified atom stereocenters. The molecule has 3 aromatic rings. The molecule has 0 bridgehead atoms. The molecule has 10 nitrogen and oxygen atoms in total. The number of ether oxygens (including phenoxy) is 2. The Morgan fingerprint density at radius 2 is 1.92 bits per heavy atom. The predicted molar refractivity (Wildman–Crippen MR) is 141 cm³/mol. The average Bonchev–Trinajstić information content (AvgIpc) is 3.25. The summed E-state index contributed by atoms with van der Waals surface area (Å²) in [6.07, 6.45) is 11.4. The summed E-state index contributed by atoms with van der Waals surface area (Å²) in [5.41, 5.74) is 4.44. The number of aromatic nitrogens is 6. The maximum absolute atomic E-state index is 9.43. The molecule has 1 aliphatic heterocycles. The van der Waals surface area contributed by atoms with Crippen LogP contribution in [0.2, 0.25) is 0 Å². The van der Waals surface area contributed by atoms with Gasteiger partial charge in [0.2, 0.25) is 12.2 Å². The average molecular weight is 518 g/mol. The number of hydrogen-bond acceptors (Lipinski definition) is 9. The van der Waals surface area contributed by atoms with Gasteiger partial charge in [0, 0.05) is 36.9 Å². The summed E-state index contributed by atoms with van der Waals surface area (Å²) in [6.45, 7) is 2.58. The molecule has 0 radical (unpaired) electrons. The minimum Gasteiger partial charge on any atom is -0.488 e. The molecule has 10 heteroatoms. The highest BCUT2D eigenvalue weighted by molar-refractivity contribution is 5.58. The van der Waals surface area contributed by atoms with Crippen LogP contribution in [0.1, 0.15) is 74.9 Å². The van der Waals surface area contributed by atoms with Crippen LogP contribution in [0.15, 0.2) is 36.2 Å². The number of allylic oxidation sites excluding steroid dienone is 1. The van der Waals surface area contributed by atoms with E-state index < -0.39 is 6.29 Å². The van der Waals surface area contributed by atoms with Crippen molar-refractivity contribution >= 4 is 5.95 Å². The highest BCUT2D eigenvalue weighted by Crippen LogP contribution is 2.37. The molecule has 3 aromatic heterocycles. The van der Waals surface area contributed by atoms with Gasteiger partial charge >= 0.3 is 0 Å². The highest BCUT2D eigenvalue weighted by atomic mass is 16.6. The first kappa shape index (κ1) is 24.8. The van der Waals surface area contributed by atoms with Crippen molar-refractivity contribution in [2.75, 3.05) is 5.32 Å². The molecule has 2 saturated carbocycles. The summed E-state index contributed by atoms with van der Waals surface area (Å²) in [4.78, 5) is 14.1. The molecule has 3 atom stereocenters. The fourth-order valence-corrected chi connectivity index (χ4v) is 5.51. The lowest BCUT2D eigenvalue weighted by Gasteiger charge is -2.35. The highest BCUT2D eigenvalue weighted by Gasteiger charge is 2.32. The second kappa shape index (κ2) is 10.7. The van der Waals surface area contributed by atoms with Crippen LogP contribution in [-0.2, 0) is 24.8 Å². The van der Waals surface area contributed by atoms with E-state index in [1.165, 1.54) is 19.3 Å². The lowest BCUT2D eigenvalue weighted by molar-refractivity contribution is -0.0833. The maximum atomic E-state index is 9.43. The molecule has 0 spiro atoms. The van der Waals surface area contributed by atoms with Gasteiger partial charge in [-0.2, -0.15) is 0 Å². The second-order valence-electron chi connectivity index (χ2n) is 10.5. The van der Waals surface area contributed by atoms with E-state index in [-0.39, 0.29) is 6.10 Å². The van der Waals surface area contributed by atoms with Gasteiger partial charge in [0.1, 0.15) is 17.2 Å². The largest absolute Gasteiger partial charge is 0.488 e. The Labute approximate surface area is 222 Å². The van der Waals surface area contributed by atoms with E-state index in [2.05, 4.69) is 27.5 Å². The minimum absolute atomic E-state index is 0.0981. The number of rotatable bonds is 9. The third-order valence-corrected chi connectivity index (χ3v) is 7.95. The van der Waals surface area contributed by atoms with Gasteiger partial charge in [-0.3, -0.25) is 0 Å². The number of aryl methyl sites for hydroxylation is 2. The third kappa shape index (κ3) is 5.09. The molecular formula is C28H35N7O3. The van der Waals surface area contributed by atoms with E-state index in [0.29, 0.717) is 24.3 Å². The Morgan fingerprint density at radius 3 is 2.68 bits per heavy atom. The van der Waals surface area contributed by atoms with Gasteiger partial charge in [-0.05, 0) is 63.1 Å². The van der Waals surface area contributed by atoms with Gasteiger partial charge in [0.05, 0.1) is 29.7 Å². The van der Waals surface area contributed by atoms with Crippen molar-refractivity contribution in [3.63, 3.8) is 0 Å². The van der Waals surface area contributed by atoms with E-state index in [9.17, 15) is 5.11 Å². The van der Waals surface area contributed by atoms with Gasteiger partial charge in [-0.25, -0.2) is 19.6 Å². The van der Waals surface area contributed by atoms with E-state index in [0.717, 1.165) is 72.1 Å². The summed E-state index contributed by atoms with van der Waals surface area (Å²) in [7, 11) is 1.89. The fraction of sp³-hybridized carbons (Fsp3) is 0.536. The smallest absolute Gasteiger partial charge is 0.223 e. The zero-order chi connectivity index (χ0) is 26.1. The van der Waals surface area contributed by atoms with Gasteiger partial charge in [-0.1, -0.05) is 18.6 Å². The molecule has 3 aliphatic rings. The van der Waals surface area contributed by atoms with Crippen molar-refractivity contribution in [1.29, 1.82) is 0 Å². The molecule has 38 heavy (non-hydrogen) atoms. The molecule has 4 heterocycles. The maximum Gasteiger partial charge on any atom is 0.223 e. The molecule has 200 valence electrons. The molecule has 2 fully saturated rings. The second-order valence-corrected chi connectivity index (χ2v) is 10.5. The zero-order valence-corrected chi connectivity index (χ0v) is 22.0.